The predicted molar refractivity (Wildman–Crippen MR) is 528 cm³/mol. The first-order chi connectivity index (χ1) is 67.1. The quantitative estimate of drug-likeness (QED) is 0.0280. The maximum absolute atomic E-state index is 7.12. The largest absolute Gasteiger partial charge is 0.457 e. The van der Waals surface area contributed by atoms with Crippen molar-refractivity contribution in [1.29, 1.82) is 0 Å². The number of hydrogen-bond donors (Lipinski definition) is 0. The Morgan fingerprint density at radius 2 is 0.368 bits per heavy atom. The van der Waals surface area contributed by atoms with Gasteiger partial charge in [0.25, 0.3) is 0 Å². The zero-order valence-corrected chi connectivity index (χ0v) is 80.9. The number of aromatic nitrogens is 2. The molecule has 0 saturated carbocycles. The van der Waals surface area contributed by atoms with E-state index in [0.717, 1.165) is 352 Å². The van der Waals surface area contributed by atoms with Crippen LogP contribution in [0, 0.1) is 23.7 Å². The fourth-order valence-electron chi connectivity index (χ4n) is 23.1. The third-order valence-corrected chi connectivity index (χ3v) is 30.0. The summed E-state index contributed by atoms with van der Waals surface area (Å²) in [5, 5.41) is 0. The number of benzene rings is 8. The van der Waals surface area contributed by atoms with Crippen molar-refractivity contribution in [1.82, 2.24) is 9.97 Å². The van der Waals surface area contributed by atoms with Gasteiger partial charge < -0.3 is 75.8 Å². The van der Waals surface area contributed by atoms with Gasteiger partial charge in [0.15, 0.2) is 0 Å². The van der Waals surface area contributed by atoms with Crippen LogP contribution in [0.2, 0.25) is 0 Å². The number of rotatable bonds is 33. The van der Waals surface area contributed by atoms with Crippen LogP contribution in [-0.2, 0) is 0 Å². The molecule has 136 heavy (non-hydrogen) atoms. The highest BCUT2D eigenvalue weighted by atomic mass is 16.7. The monoisotopic (exact) mass is 1830 g/mol. The summed E-state index contributed by atoms with van der Waals surface area (Å²) in [5.41, 5.74) is 21.4. The topological polar surface area (TPSA) is 173 Å². The van der Waals surface area contributed by atoms with Crippen molar-refractivity contribution < 1.29 is 75.8 Å². The first-order valence-electron chi connectivity index (χ1n) is 51.6. The molecule has 0 saturated heterocycles. The van der Waals surface area contributed by atoms with Gasteiger partial charge in [-0.2, -0.15) is 0 Å². The van der Waals surface area contributed by atoms with Crippen LogP contribution in [0.5, 0.6) is 92.0 Å². The van der Waals surface area contributed by atoms with Crippen molar-refractivity contribution in [2.45, 2.75) is 308 Å². The lowest BCUT2D eigenvalue weighted by atomic mass is 9.74. The molecule has 10 aromatic rings. The van der Waals surface area contributed by atoms with Crippen molar-refractivity contribution in [3.05, 3.63) is 233 Å². The van der Waals surface area contributed by atoms with E-state index in [9.17, 15) is 0 Å². The fourth-order valence-corrected chi connectivity index (χ4v) is 23.1. The van der Waals surface area contributed by atoms with Crippen molar-refractivity contribution in [2.75, 3.05) is 54.3 Å². The van der Waals surface area contributed by atoms with E-state index in [4.69, 9.17) is 85.8 Å². The highest BCUT2D eigenvalue weighted by Crippen LogP contribution is 2.61. The molecule has 2 aliphatic carbocycles. The molecule has 0 spiro atoms. The smallest absolute Gasteiger partial charge is 0.230 e. The zero-order chi connectivity index (χ0) is 92.5. The molecular formula is C118H132N2O16. The van der Waals surface area contributed by atoms with E-state index in [2.05, 4.69) is 164 Å². The second-order valence-electron chi connectivity index (χ2n) is 38.7. The molecule has 18 nitrogen and oxygen atoms in total. The number of pyridine rings is 2. The van der Waals surface area contributed by atoms with Crippen LogP contribution >= 0.6 is 0 Å². The second kappa shape index (κ2) is 42.3. The average molecular weight is 1830 g/mol. The summed E-state index contributed by atoms with van der Waals surface area (Å²) in [5.74, 6) is 25.6. The van der Waals surface area contributed by atoms with Gasteiger partial charge in [-0.1, -0.05) is 233 Å². The Bertz CT molecular complexity index is 5510. The lowest BCUT2D eigenvalue weighted by Gasteiger charge is -2.36. The molecule has 18 heteroatoms. The third-order valence-electron chi connectivity index (χ3n) is 30.0. The Morgan fingerprint density at radius 1 is 0.199 bits per heavy atom. The predicted octanol–water partition coefficient (Wildman–Crippen LogP) is 29.1. The summed E-state index contributed by atoms with van der Waals surface area (Å²) in [6, 6.07) is 43.8. The summed E-state index contributed by atoms with van der Waals surface area (Å²) < 4.78 is 111. The van der Waals surface area contributed by atoms with E-state index >= 15 is 0 Å². The second-order valence-corrected chi connectivity index (χ2v) is 38.7. The molecule has 2 aromatic heterocycles. The number of unbranched alkanes of at least 4 members (excludes halogenated alkanes) is 16. The minimum absolute atomic E-state index is 0.00811. The zero-order valence-electron chi connectivity index (χ0n) is 80.9. The lowest BCUT2D eigenvalue weighted by molar-refractivity contribution is 0.0974. The summed E-state index contributed by atoms with van der Waals surface area (Å²) in [4.78, 5) is 11.1. The maximum Gasteiger partial charge on any atom is 0.230 e. The molecular weight excluding hydrogens is 1700 g/mol. The Kier molecular flexibility index (Phi) is 28.5. The Balaban J connectivity index is 0.781. The Hall–Kier alpha value is -12.0. The standard InChI is InChI=1S/C118H132N2O16/c1-9-17-25-37-75-85-51-86-76(38-26-18-10-2)90-54-94-80(42-30-22-14-6)116-83(115-79(41-29-21-13-5)93-53-89(75)103-59-107(93)129-69-133-111(115)63-112(116)134-70-130-108(94)60-104(90)126-66-122-100(86)57-99(85)121-65-125-103)49-47-73-35-33-45-97(119-73)98-46-34-36-74(120-98)48-50-84-117-81(43-31-23-15-7)95-55-91-77(39-27-19-11-3)87-52-88-78(40-28-20-12-4)92-56-96-82(44-32-24-16-8)118(84)114-64-113(117)135-71-131-109(95)61-105(91)127-67-123-101(87)58-102(88)124-68-128-106(92)62-110(96)132-72-136-114/h33-36,45-46,51-64,75-82H,9-32,37-44,65-72H2,1-8H3. The lowest BCUT2D eigenvalue weighted by Crippen LogP contribution is -2.23. The molecule has 10 heterocycles. The van der Waals surface area contributed by atoms with Crippen LogP contribution in [0.15, 0.2) is 121 Å². The van der Waals surface area contributed by atoms with Gasteiger partial charge in [0.1, 0.15) is 103 Å². The first kappa shape index (κ1) is 91.7. The molecule has 8 unspecified atom stereocenters. The van der Waals surface area contributed by atoms with E-state index < -0.39 is 0 Å². The van der Waals surface area contributed by atoms with Gasteiger partial charge in [-0.3, -0.25) is 0 Å². The fraction of sp³-hybridized carbons (Fsp3) is 0.475. The highest BCUT2D eigenvalue weighted by molar-refractivity contribution is 5.73. The van der Waals surface area contributed by atoms with Gasteiger partial charge in [0.2, 0.25) is 54.3 Å². The molecule has 8 atom stereocenters. The summed E-state index contributed by atoms with van der Waals surface area (Å²) >= 11 is 0. The molecule has 20 rings (SSSR count). The van der Waals surface area contributed by atoms with Gasteiger partial charge in [-0.25, -0.2) is 9.97 Å². The molecule has 10 aliphatic rings. The third kappa shape index (κ3) is 18.6. The first-order valence-corrected chi connectivity index (χ1v) is 51.6. The van der Waals surface area contributed by atoms with Crippen LogP contribution in [0.1, 0.15) is 420 Å². The van der Waals surface area contributed by atoms with E-state index in [1.807, 2.05) is 36.4 Å². The molecule has 16 bridgehead atoms. The number of nitrogens with zero attached hydrogens (tertiary/aromatic N) is 2. The normalized spacial score (nSPS) is 19.1. The maximum atomic E-state index is 7.12. The van der Waals surface area contributed by atoms with Gasteiger partial charge in [-0.15, -0.1) is 0 Å². The molecule has 8 aliphatic heterocycles. The van der Waals surface area contributed by atoms with Gasteiger partial charge in [-0.05, 0) is 124 Å². The van der Waals surface area contributed by atoms with Crippen molar-refractivity contribution in [3.8, 4) is 127 Å². The van der Waals surface area contributed by atoms with E-state index in [-0.39, 0.29) is 102 Å². The van der Waals surface area contributed by atoms with Crippen molar-refractivity contribution in [2.24, 2.45) is 0 Å². The van der Waals surface area contributed by atoms with Crippen LogP contribution in [0.3, 0.4) is 0 Å². The van der Waals surface area contributed by atoms with Crippen LogP contribution < -0.4 is 75.8 Å². The molecule has 0 N–H and O–H groups in total. The SMILES string of the molecule is CCCCCC1c2cc3c4cc2OCOc2cc5c(cc21)C(CCCCC)c1c(cc2c(c1C#Cc1cccc(-c6cccc(C#Cc7c8c9cc%10c7C(CCCCC)c7cc%11c(cc7OCO%10)OCOc7cc%10c(cc7C%11CCCCC)C(CCCCC)c7cc(c(cc7OCO%10)OCO9)C8CCCCC)n6)n1)C(CCCCC)c1cc(c(cc1OCO2)OCO4)C3CCCCC)OCO5. The van der Waals surface area contributed by atoms with Crippen LogP contribution in [0.4, 0.5) is 0 Å². The molecule has 710 valence electrons. The van der Waals surface area contributed by atoms with Crippen LogP contribution in [0.25, 0.3) is 11.4 Å². The summed E-state index contributed by atoms with van der Waals surface area (Å²) in [6.45, 7) is 17.9. The van der Waals surface area contributed by atoms with E-state index in [1.54, 1.807) is 0 Å². The van der Waals surface area contributed by atoms with Crippen molar-refractivity contribution >= 4 is 0 Å². The molecule has 8 aromatic carbocycles. The number of hydrogen-bond acceptors (Lipinski definition) is 18. The van der Waals surface area contributed by atoms with Gasteiger partial charge >= 0.3 is 0 Å². The van der Waals surface area contributed by atoms with Gasteiger partial charge in [0, 0.05) is 196 Å². The Morgan fingerprint density at radius 3 is 0.559 bits per heavy atom. The van der Waals surface area contributed by atoms with E-state index in [1.165, 1.54) is 0 Å². The van der Waals surface area contributed by atoms with Crippen molar-refractivity contribution in [3.63, 3.8) is 0 Å². The minimum atomic E-state index is -0.274. The van der Waals surface area contributed by atoms with Gasteiger partial charge in [0.05, 0.1) is 11.4 Å². The minimum Gasteiger partial charge on any atom is -0.457 e. The molecule has 0 fully saturated rings. The summed E-state index contributed by atoms with van der Waals surface area (Å²) in [7, 11) is 0. The molecule has 0 amide bonds. The highest BCUT2D eigenvalue weighted by Gasteiger charge is 2.44. The Labute approximate surface area is 803 Å². The molecule has 0 radical (unpaired) electrons. The average Bonchev–Trinajstić information content (AvgIpc) is 0.729. The van der Waals surface area contributed by atoms with Crippen LogP contribution in [-0.4, -0.2) is 64.3 Å². The number of ether oxygens (including phenoxy) is 16. The van der Waals surface area contributed by atoms with E-state index in [0.29, 0.717) is 68.8 Å². The summed E-state index contributed by atoms with van der Waals surface area (Å²) in [6.07, 6.45) is 31.1.